The van der Waals surface area contributed by atoms with Crippen LogP contribution in [-0.4, -0.2) is 21.3 Å². The molecule has 1 unspecified atom stereocenters. The van der Waals surface area contributed by atoms with E-state index >= 15 is 0 Å². The molecular weight excluding hydrogens is 299 g/mol. The molecule has 4 nitrogen and oxygen atoms in total. The number of aromatic nitrogens is 1. The van der Waals surface area contributed by atoms with Gasteiger partial charge in [0.05, 0.1) is 5.92 Å². The second-order valence-corrected chi connectivity index (χ2v) is 6.95. The Hall–Kier alpha value is -1.00. The standard InChI is InChI=1S/C14H16Cl2N2O2/c15-14(16)7-11(14)13(19)18-8-9-4-5-17-12(6-9)20-10-2-1-3-10/h4-6,10-11H,1-3,7-8H2,(H,18,19). The van der Waals surface area contributed by atoms with Crippen LogP contribution in [0.25, 0.3) is 0 Å². The molecule has 2 aliphatic rings. The molecule has 0 aromatic carbocycles. The molecule has 108 valence electrons. The minimum atomic E-state index is -0.874. The van der Waals surface area contributed by atoms with Crippen molar-refractivity contribution in [2.75, 3.05) is 0 Å². The number of carbonyl (C=O) groups is 1. The average molecular weight is 315 g/mol. The van der Waals surface area contributed by atoms with E-state index in [-0.39, 0.29) is 11.8 Å². The summed E-state index contributed by atoms with van der Waals surface area (Å²) in [5, 5.41) is 2.83. The van der Waals surface area contributed by atoms with Crippen molar-refractivity contribution in [2.24, 2.45) is 5.92 Å². The molecule has 0 saturated heterocycles. The summed E-state index contributed by atoms with van der Waals surface area (Å²) in [5.41, 5.74) is 0.957. The minimum absolute atomic E-state index is 0.103. The number of hydrogen-bond donors (Lipinski definition) is 1. The van der Waals surface area contributed by atoms with Crippen molar-refractivity contribution in [2.45, 2.75) is 42.7 Å². The Morgan fingerprint density at radius 3 is 2.85 bits per heavy atom. The zero-order valence-electron chi connectivity index (χ0n) is 10.9. The first-order valence-corrected chi connectivity index (χ1v) is 7.57. The molecule has 0 spiro atoms. The maximum atomic E-state index is 11.8. The second kappa shape index (κ2) is 5.41. The van der Waals surface area contributed by atoms with E-state index in [1.807, 2.05) is 12.1 Å². The molecule has 0 bridgehead atoms. The van der Waals surface area contributed by atoms with Crippen LogP contribution in [0.1, 0.15) is 31.2 Å². The number of ether oxygens (including phenoxy) is 1. The van der Waals surface area contributed by atoms with Gasteiger partial charge in [-0.1, -0.05) is 0 Å². The second-order valence-electron chi connectivity index (χ2n) is 5.41. The molecule has 2 fully saturated rings. The maximum absolute atomic E-state index is 11.8. The number of pyridine rings is 1. The number of hydrogen-bond acceptors (Lipinski definition) is 3. The molecule has 1 aromatic rings. The van der Waals surface area contributed by atoms with Crippen LogP contribution in [0, 0.1) is 5.92 Å². The Morgan fingerprint density at radius 1 is 1.50 bits per heavy atom. The normalized spacial score (nSPS) is 23.8. The third-order valence-corrected chi connectivity index (χ3v) is 4.58. The lowest BCUT2D eigenvalue weighted by molar-refractivity contribution is -0.122. The van der Waals surface area contributed by atoms with E-state index in [9.17, 15) is 4.79 Å². The Morgan fingerprint density at radius 2 is 2.25 bits per heavy atom. The van der Waals surface area contributed by atoms with Crippen molar-refractivity contribution in [1.29, 1.82) is 0 Å². The fraction of sp³-hybridized carbons (Fsp3) is 0.571. The average Bonchev–Trinajstić information content (AvgIpc) is 3.01. The third kappa shape index (κ3) is 3.18. The fourth-order valence-corrected chi connectivity index (χ4v) is 2.60. The molecule has 1 atom stereocenters. The predicted molar refractivity (Wildman–Crippen MR) is 76.9 cm³/mol. The van der Waals surface area contributed by atoms with Gasteiger partial charge in [-0.2, -0.15) is 0 Å². The van der Waals surface area contributed by atoms with Crippen LogP contribution in [0.15, 0.2) is 18.3 Å². The minimum Gasteiger partial charge on any atom is -0.474 e. The van der Waals surface area contributed by atoms with E-state index < -0.39 is 4.33 Å². The number of rotatable bonds is 5. The Kier molecular flexibility index (Phi) is 3.78. The van der Waals surface area contributed by atoms with Crippen LogP contribution in [-0.2, 0) is 11.3 Å². The predicted octanol–water partition coefficient (Wildman–Crippen LogP) is 2.82. The largest absolute Gasteiger partial charge is 0.474 e. The Labute approximate surface area is 127 Å². The lowest BCUT2D eigenvalue weighted by Gasteiger charge is -2.25. The molecular formula is C14H16Cl2N2O2. The summed E-state index contributed by atoms with van der Waals surface area (Å²) in [7, 11) is 0. The van der Waals surface area contributed by atoms with E-state index in [1.54, 1.807) is 6.20 Å². The first-order valence-electron chi connectivity index (χ1n) is 6.82. The zero-order chi connectivity index (χ0) is 14.2. The highest BCUT2D eigenvalue weighted by Gasteiger charge is 2.56. The lowest BCUT2D eigenvalue weighted by atomic mass is 9.96. The van der Waals surface area contributed by atoms with Gasteiger partial charge < -0.3 is 10.1 Å². The van der Waals surface area contributed by atoms with E-state index in [0.29, 0.717) is 24.9 Å². The fourth-order valence-electron chi connectivity index (χ4n) is 2.09. The number of alkyl halides is 2. The summed E-state index contributed by atoms with van der Waals surface area (Å²) >= 11 is 11.7. The summed E-state index contributed by atoms with van der Waals surface area (Å²) in [4.78, 5) is 16.0. The van der Waals surface area contributed by atoms with E-state index in [1.165, 1.54) is 6.42 Å². The first-order chi connectivity index (χ1) is 9.54. The van der Waals surface area contributed by atoms with Gasteiger partial charge in [-0.25, -0.2) is 4.98 Å². The summed E-state index contributed by atoms with van der Waals surface area (Å²) in [6.07, 6.45) is 5.93. The van der Waals surface area contributed by atoms with Gasteiger partial charge in [0.2, 0.25) is 11.8 Å². The number of nitrogens with one attached hydrogen (secondary N) is 1. The molecule has 0 radical (unpaired) electrons. The molecule has 1 heterocycles. The van der Waals surface area contributed by atoms with E-state index in [2.05, 4.69) is 10.3 Å². The van der Waals surface area contributed by atoms with Gasteiger partial charge in [-0.05, 0) is 37.3 Å². The molecule has 1 N–H and O–H groups in total. The highest BCUT2D eigenvalue weighted by molar-refractivity contribution is 6.52. The monoisotopic (exact) mass is 314 g/mol. The highest BCUT2D eigenvalue weighted by Crippen LogP contribution is 2.53. The van der Waals surface area contributed by atoms with E-state index in [0.717, 1.165) is 18.4 Å². The van der Waals surface area contributed by atoms with Gasteiger partial charge in [0, 0.05) is 18.8 Å². The molecule has 0 aliphatic heterocycles. The SMILES string of the molecule is O=C(NCc1ccnc(OC2CCC2)c1)C1CC1(Cl)Cl. The summed E-state index contributed by atoms with van der Waals surface area (Å²) < 4.78 is 4.85. The molecule has 1 amide bonds. The van der Waals surface area contributed by atoms with Crippen LogP contribution >= 0.6 is 23.2 Å². The van der Waals surface area contributed by atoms with Crippen LogP contribution in [0.4, 0.5) is 0 Å². The van der Waals surface area contributed by atoms with Gasteiger partial charge in [-0.3, -0.25) is 4.79 Å². The molecule has 6 heteroatoms. The molecule has 2 aliphatic carbocycles. The smallest absolute Gasteiger partial charge is 0.226 e. The van der Waals surface area contributed by atoms with Crippen molar-refractivity contribution in [1.82, 2.24) is 10.3 Å². The number of amides is 1. The summed E-state index contributed by atoms with van der Waals surface area (Å²) in [6.45, 7) is 0.433. The highest BCUT2D eigenvalue weighted by atomic mass is 35.5. The lowest BCUT2D eigenvalue weighted by Crippen LogP contribution is -2.27. The van der Waals surface area contributed by atoms with E-state index in [4.69, 9.17) is 27.9 Å². The Balaban J connectivity index is 1.52. The van der Waals surface area contributed by atoms with Crippen LogP contribution < -0.4 is 10.1 Å². The summed E-state index contributed by atoms with van der Waals surface area (Å²) in [6, 6.07) is 3.72. The molecule has 20 heavy (non-hydrogen) atoms. The zero-order valence-corrected chi connectivity index (χ0v) is 12.5. The van der Waals surface area contributed by atoms with Gasteiger partial charge in [-0.15, -0.1) is 23.2 Å². The van der Waals surface area contributed by atoms with Crippen LogP contribution in [0.5, 0.6) is 5.88 Å². The first kappa shape index (κ1) is 14.0. The molecule has 1 aromatic heterocycles. The molecule has 3 rings (SSSR count). The molecule has 2 saturated carbocycles. The van der Waals surface area contributed by atoms with Gasteiger partial charge in [0.15, 0.2) is 0 Å². The van der Waals surface area contributed by atoms with Crippen molar-refractivity contribution in [3.05, 3.63) is 23.9 Å². The number of nitrogens with zero attached hydrogens (tertiary/aromatic N) is 1. The van der Waals surface area contributed by atoms with Gasteiger partial charge in [0.25, 0.3) is 0 Å². The van der Waals surface area contributed by atoms with Crippen LogP contribution in [0.2, 0.25) is 0 Å². The number of carbonyl (C=O) groups excluding carboxylic acids is 1. The van der Waals surface area contributed by atoms with Crippen molar-refractivity contribution < 1.29 is 9.53 Å². The quantitative estimate of drug-likeness (QED) is 0.850. The number of halogens is 2. The topological polar surface area (TPSA) is 51.2 Å². The Bertz CT molecular complexity index is 518. The van der Waals surface area contributed by atoms with Crippen molar-refractivity contribution in [3.63, 3.8) is 0 Å². The van der Waals surface area contributed by atoms with Crippen LogP contribution in [0.3, 0.4) is 0 Å². The maximum Gasteiger partial charge on any atom is 0.226 e. The third-order valence-electron chi connectivity index (χ3n) is 3.75. The van der Waals surface area contributed by atoms with Gasteiger partial charge >= 0.3 is 0 Å². The van der Waals surface area contributed by atoms with Crippen molar-refractivity contribution in [3.8, 4) is 5.88 Å². The van der Waals surface area contributed by atoms with Crippen molar-refractivity contribution >= 4 is 29.1 Å². The van der Waals surface area contributed by atoms with Gasteiger partial charge in [0.1, 0.15) is 10.4 Å². The summed E-state index contributed by atoms with van der Waals surface area (Å²) in [5.74, 6) is 0.226.